The van der Waals surface area contributed by atoms with Crippen LogP contribution in [0, 0.1) is 0 Å². The molecule has 254 valence electrons. The van der Waals surface area contributed by atoms with Crippen LogP contribution < -0.4 is 44.4 Å². The van der Waals surface area contributed by atoms with Gasteiger partial charge < -0.3 is 32.9 Å². The van der Waals surface area contributed by atoms with E-state index >= 15 is 0 Å². The van der Waals surface area contributed by atoms with Gasteiger partial charge in [0.15, 0.2) is 17.2 Å². The number of aromatic nitrogens is 5. The number of aromatic amines is 1. The van der Waals surface area contributed by atoms with Gasteiger partial charge in [-0.15, -0.1) is 12.4 Å². The number of carbonyl (C=O) groups excluding carboxylic acids is 1. The van der Waals surface area contributed by atoms with Crippen molar-refractivity contribution in [2.24, 2.45) is 5.73 Å². The first-order valence-corrected chi connectivity index (χ1v) is 14.1. The molecule has 18 heteroatoms. The van der Waals surface area contributed by atoms with Crippen molar-refractivity contribution in [1.82, 2.24) is 30.1 Å². The SMILES string of the molecule is C.Cl.N[C@H]1CCc2cc(-c3noc(=O)[nH]3)ccc21.Nc1c(Nc2cccc(CNC(=O)c3cc(C(=O)O)n4ncc(N)c4n3)c2)c(=O)c1=O. The summed E-state index contributed by atoms with van der Waals surface area (Å²) in [5.41, 5.74) is 19.9. The highest BCUT2D eigenvalue weighted by atomic mass is 35.5. The maximum absolute atomic E-state index is 12.6. The average Bonchev–Trinajstić information content (AvgIpc) is 3.79. The van der Waals surface area contributed by atoms with Crippen LogP contribution in [0.3, 0.4) is 0 Å². The molecule has 3 aromatic heterocycles. The molecule has 0 spiro atoms. The number of carbonyl (C=O) groups is 2. The number of carboxylic acids is 1. The zero-order valence-electron chi connectivity index (χ0n) is 24.7. The molecule has 49 heavy (non-hydrogen) atoms. The molecule has 1 aliphatic rings. The Morgan fingerprint density at radius 2 is 1.86 bits per heavy atom. The topological polar surface area (TPSA) is 280 Å². The van der Waals surface area contributed by atoms with Crippen LogP contribution in [0.1, 0.15) is 57.6 Å². The molecule has 0 bridgehead atoms. The normalized spacial score (nSPS) is 13.0. The molecule has 1 aliphatic carbocycles. The number of benzene rings is 2. The van der Waals surface area contributed by atoms with Crippen molar-refractivity contribution in [3.05, 3.63) is 114 Å². The van der Waals surface area contributed by atoms with Crippen molar-refractivity contribution in [2.45, 2.75) is 32.9 Å². The highest BCUT2D eigenvalue weighted by Gasteiger charge is 2.21. The lowest BCUT2D eigenvalue weighted by Gasteiger charge is -2.12. The number of hydrogen-bond acceptors (Lipinski definition) is 13. The van der Waals surface area contributed by atoms with E-state index in [1.54, 1.807) is 24.3 Å². The van der Waals surface area contributed by atoms with Crippen molar-refractivity contribution in [1.29, 1.82) is 0 Å². The summed E-state index contributed by atoms with van der Waals surface area (Å²) in [5.74, 6) is -1.97. The van der Waals surface area contributed by atoms with Gasteiger partial charge in [-0.2, -0.15) is 5.10 Å². The largest absolute Gasteiger partial charge is 0.477 e. The minimum absolute atomic E-state index is 0. The Labute approximate surface area is 282 Å². The van der Waals surface area contributed by atoms with E-state index in [-0.39, 0.29) is 66.5 Å². The monoisotopic (exact) mass is 690 g/mol. The van der Waals surface area contributed by atoms with Gasteiger partial charge in [-0.05, 0) is 47.7 Å². The molecule has 0 saturated heterocycles. The second-order valence-corrected chi connectivity index (χ2v) is 10.6. The number of nitrogen functional groups attached to an aromatic ring is 2. The Morgan fingerprint density at radius 3 is 2.55 bits per heavy atom. The maximum Gasteiger partial charge on any atom is 0.439 e. The van der Waals surface area contributed by atoms with Crippen LogP contribution in [0.2, 0.25) is 0 Å². The number of rotatable bonds is 7. The fourth-order valence-electron chi connectivity index (χ4n) is 5.11. The van der Waals surface area contributed by atoms with Crippen LogP contribution in [0.15, 0.2) is 73.6 Å². The van der Waals surface area contributed by atoms with Crippen molar-refractivity contribution in [3.8, 4) is 11.4 Å². The third-order valence-electron chi connectivity index (χ3n) is 7.53. The Kier molecular flexibility index (Phi) is 10.3. The van der Waals surface area contributed by atoms with Crippen molar-refractivity contribution in [2.75, 3.05) is 16.8 Å². The lowest BCUT2D eigenvalue weighted by molar-refractivity contribution is 0.0687. The second kappa shape index (κ2) is 14.2. The van der Waals surface area contributed by atoms with Gasteiger partial charge in [0, 0.05) is 29.9 Å². The van der Waals surface area contributed by atoms with Crippen LogP contribution in [0.4, 0.5) is 22.7 Å². The molecule has 3 heterocycles. The van der Waals surface area contributed by atoms with E-state index < -0.39 is 28.5 Å². The molecule has 0 radical (unpaired) electrons. The summed E-state index contributed by atoms with van der Waals surface area (Å²) in [4.78, 5) is 64.2. The van der Waals surface area contributed by atoms with E-state index in [0.29, 0.717) is 17.1 Å². The first-order valence-electron chi connectivity index (χ1n) is 14.1. The van der Waals surface area contributed by atoms with E-state index in [4.69, 9.17) is 17.2 Å². The van der Waals surface area contributed by atoms with Gasteiger partial charge in [0.1, 0.15) is 17.1 Å². The van der Waals surface area contributed by atoms with Gasteiger partial charge >= 0.3 is 11.7 Å². The van der Waals surface area contributed by atoms with Crippen molar-refractivity contribution < 1.29 is 19.2 Å². The van der Waals surface area contributed by atoms with E-state index in [2.05, 4.69) is 35.4 Å². The molecule has 17 nitrogen and oxygen atoms in total. The highest BCUT2D eigenvalue weighted by molar-refractivity contribution is 5.96. The molecule has 0 aliphatic heterocycles. The summed E-state index contributed by atoms with van der Waals surface area (Å²) in [5, 5.41) is 22.3. The van der Waals surface area contributed by atoms with Crippen molar-refractivity contribution in [3.63, 3.8) is 0 Å². The molecule has 1 atom stereocenters. The summed E-state index contributed by atoms with van der Waals surface area (Å²) in [6.07, 6.45) is 3.21. The smallest absolute Gasteiger partial charge is 0.439 e. The number of H-pyrrole nitrogens is 1. The number of anilines is 4. The van der Waals surface area contributed by atoms with Gasteiger partial charge in [0.05, 0.1) is 11.9 Å². The molecule has 0 unspecified atom stereocenters. The lowest BCUT2D eigenvalue weighted by Crippen LogP contribution is -2.36. The Morgan fingerprint density at radius 1 is 1.08 bits per heavy atom. The molecule has 1 amide bonds. The first kappa shape index (κ1) is 35.5. The molecular weight excluding hydrogens is 660 g/mol. The van der Waals surface area contributed by atoms with Gasteiger partial charge in [0.2, 0.25) is 0 Å². The number of fused-ring (bicyclic) bond motifs is 2. The van der Waals surface area contributed by atoms with E-state index in [1.165, 1.54) is 17.3 Å². The standard InChI is InChI=1S/C19H15N7O5.C11H11N3O2.CH4.ClH/c20-10-7-23-26-12(19(30)31)5-11(25-17(10)26)18(29)22-6-8-2-1-3-9(4-8)24-14-13(21)15(27)16(14)28;12-9-4-2-6-5-7(1-3-8(6)9)10-13-11(15)16-14-10;;/h1-5,7,24H,6,20-21H2,(H,22,29)(H,30,31);1,3,5,9H,2,4,12H2,(H,13,14,15);1H4;1H/t;9-;;/m.0../s1. The predicted octanol–water partition coefficient (Wildman–Crippen LogP) is 1.90. The van der Waals surface area contributed by atoms with E-state index in [1.807, 2.05) is 18.2 Å². The zero-order valence-corrected chi connectivity index (χ0v) is 25.5. The average molecular weight is 691 g/mol. The van der Waals surface area contributed by atoms with E-state index in [0.717, 1.165) is 29.0 Å². The lowest BCUT2D eigenvalue weighted by atomic mass is 10.0. The predicted molar refractivity (Wildman–Crippen MR) is 183 cm³/mol. The third-order valence-corrected chi connectivity index (χ3v) is 7.53. The summed E-state index contributed by atoms with van der Waals surface area (Å²) in [6.45, 7) is 0.0831. The molecule has 10 N–H and O–H groups in total. The summed E-state index contributed by atoms with van der Waals surface area (Å²) < 4.78 is 5.51. The quantitative estimate of drug-likeness (QED) is 0.118. The minimum atomic E-state index is -1.29. The number of nitrogens with one attached hydrogen (secondary N) is 3. The summed E-state index contributed by atoms with van der Waals surface area (Å²) in [6, 6.07) is 13.9. The maximum atomic E-state index is 12.6. The molecule has 3 aromatic carbocycles. The summed E-state index contributed by atoms with van der Waals surface area (Å²) >= 11 is 0. The van der Waals surface area contributed by atoms with Crippen LogP contribution in [0.5, 0.6) is 0 Å². The molecule has 6 aromatic rings. The number of aryl methyl sites for hydroxylation is 1. The minimum Gasteiger partial charge on any atom is -0.477 e. The fourth-order valence-corrected chi connectivity index (χ4v) is 5.11. The van der Waals surface area contributed by atoms with Crippen molar-refractivity contribution >= 4 is 52.7 Å². The van der Waals surface area contributed by atoms with Gasteiger partial charge in [-0.1, -0.05) is 36.8 Å². The number of carboxylic acid groups (broad SMARTS) is 1. The molecular formula is C31H31ClN10O7. The van der Waals surface area contributed by atoms with Crippen LogP contribution in [0.25, 0.3) is 17.0 Å². The first-order chi connectivity index (χ1) is 22.5. The van der Waals surface area contributed by atoms with Gasteiger partial charge in [-0.25, -0.2) is 19.1 Å². The van der Waals surface area contributed by atoms with Gasteiger partial charge in [-0.3, -0.25) is 23.9 Å². The number of amides is 1. The van der Waals surface area contributed by atoms with Crippen LogP contribution in [-0.2, 0) is 13.0 Å². The second-order valence-electron chi connectivity index (χ2n) is 10.6. The number of halogens is 1. The number of nitrogens with zero attached hydrogens (tertiary/aromatic N) is 4. The molecule has 7 rings (SSSR count). The van der Waals surface area contributed by atoms with E-state index in [9.17, 15) is 29.1 Å². The zero-order chi connectivity index (χ0) is 33.4. The Hall–Kier alpha value is -6.33. The number of aromatic carboxylic acids is 1. The van der Waals surface area contributed by atoms with Crippen LogP contribution in [-0.4, -0.2) is 41.7 Å². The Balaban J connectivity index is 0.000000253. The number of hydrogen-bond donors (Lipinski definition) is 7. The van der Waals surface area contributed by atoms with Crippen LogP contribution >= 0.6 is 12.4 Å². The Bertz CT molecular complexity index is 2320. The highest BCUT2D eigenvalue weighted by Crippen LogP contribution is 2.31. The fraction of sp³-hybridized carbons (Fsp3) is 0.161. The third kappa shape index (κ3) is 7.02. The molecule has 0 fully saturated rings. The summed E-state index contributed by atoms with van der Waals surface area (Å²) in [7, 11) is 0. The number of nitrogens with two attached hydrogens (primary N) is 3. The molecule has 0 saturated carbocycles. The van der Waals surface area contributed by atoms with Gasteiger partial charge in [0.25, 0.3) is 16.8 Å².